The van der Waals surface area contributed by atoms with Crippen molar-refractivity contribution in [3.05, 3.63) is 35.9 Å². The Labute approximate surface area is 107 Å². The lowest BCUT2D eigenvalue weighted by Gasteiger charge is -2.29. The first-order valence-electron chi connectivity index (χ1n) is 6.74. The van der Waals surface area contributed by atoms with Gasteiger partial charge in [-0.3, -0.25) is 9.69 Å². The predicted octanol–water partition coefficient (Wildman–Crippen LogP) is 2.52. The molecule has 3 nitrogen and oxygen atoms in total. The van der Waals surface area contributed by atoms with Gasteiger partial charge in [0.1, 0.15) is 0 Å². The van der Waals surface area contributed by atoms with Crippen molar-refractivity contribution >= 4 is 5.97 Å². The van der Waals surface area contributed by atoms with Crippen LogP contribution in [0, 0.1) is 5.41 Å². The lowest BCUT2D eigenvalue weighted by Crippen LogP contribution is -2.40. The molecule has 1 aliphatic heterocycles. The minimum absolute atomic E-state index is 0.246. The Morgan fingerprint density at radius 2 is 2.06 bits per heavy atom. The fourth-order valence-corrected chi connectivity index (χ4v) is 3.28. The Balaban J connectivity index is 1.74. The van der Waals surface area contributed by atoms with Crippen molar-refractivity contribution in [2.24, 2.45) is 5.41 Å². The quantitative estimate of drug-likeness (QED) is 0.886. The van der Waals surface area contributed by atoms with Crippen LogP contribution in [-0.4, -0.2) is 28.6 Å². The Bertz CT molecular complexity index is 439. The van der Waals surface area contributed by atoms with E-state index in [4.69, 9.17) is 0 Å². The summed E-state index contributed by atoms with van der Waals surface area (Å²) < 4.78 is 0. The minimum atomic E-state index is -0.590. The van der Waals surface area contributed by atoms with Crippen LogP contribution in [0.15, 0.2) is 30.3 Å². The molecular weight excluding hydrogens is 226 g/mol. The zero-order valence-electron chi connectivity index (χ0n) is 10.5. The van der Waals surface area contributed by atoms with Crippen molar-refractivity contribution in [3.63, 3.8) is 0 Å². The molecule has 1 atom stereocenters. The van der Waals surface area contributed by atoms with Crippen molar-refractivity contribution < 1.29 is 9.90 Å². The summed E-state index contributed by atoms with van der Waals surface area (Å²) in [5, 5.41) is 9.42. The number of benzene rings is 1. The van der Waals surface area contributed by atoms with Crippen LogP contribution in [-0.2, 0) is 11.3 Å². The molecule has 2 fully saturated rings. The van der Waals surface area contributed by atoms with Crippen LogP contribution in [0.4, 0.5) is 0 Å². The van der Waals surface area contributed by atoms with Gasteiger partial charge < -0.3 is 5.11 Å². The van der Waals surface area contributed by atoms with E-state index in [1.807, 2.05) is 18.2 Å². The first-order chi connectivity index (χ1) is 8.72. The SMILES string of the molecule is O=C(O)C1(C2CCCN2Cc2ccccc2)CC1. The van der Waals surface area contributed by atoms with Crippen LogP contribution < -0.4 is 0 Å². The van der Waals surface area contributed by atoms with E-state index < -0.39 is 11.4 Å². The molecule has 1 aliphatic carbocycles. The molecule has 3 heteroatoms. The summed E-state index contributed by atoms with van der Waals surface area (Å²) in [5.41, 5.74) is 0.858. The third kappa shape index (κ3) is 1.93. The van der Waals surface area contributed by atoms with E-state index in [9.17, 15) is 9.90 Å². The summed E-state index contributed by atoms with van der Waals surface area (Å²) in [6.45, 7) is 1.93. The summed E-state index contributed by atoms with van der Waals surface area (Å²) in [6, 6.07) is 10.6. The summed E-state index contributed by atoms with van der Waals surface area (Å²) in [6.07, 6.45) is 3.89. The molecule has 18 heavy (non-hydrogen) atoms. The molecule has 1 heterocycles. The van der Waals surface area contributed by atoms with Crippen LogP contribution >= 0.6 is 0 Å². The molecule has 96 valence electrons. The molecule has 1 saturated carbocycles. The van der Waals surface area contributed by atoms with Gasteiger partial charge in [-0.2, -0.15) is 0 Å². The van der Waals surface area contributed by atoms with E-state index >= 15 is 0 Å². The van der Waals surface area contributed by atoms with Crippen molar-refractivity contribution in [2.45, 2.75) is 38.3 Å². The minimum Gasteiger partial charge on any atom is -0.481 e. The van der Waals surface area contributed by atoms with Crippen molar-refractivity contribution in [1.82, 2.24) is 4.90 Å². The van der Waals surface area contributed by atoms with Crippen LogP contribution in [0.3, 0.4) is 0 Å². The van der Waals surface area contributed by atoms with Gasteiger partial charge in [0.2, 0.25) is 0 Å². The highest BCUT2D eigenvalue weighted by molar-refractivity contribution is 5.79. The second kappa shape index (κ2) is 4.39. The maximum absolute atomic E-state index is 11.4. The molecule has 0 bridgehead atoms. The van der Waals surface area contributed by atoms with E-state index in [1.54, 1.807) is 0 Å². The average molecular weight is 245 g/mol. The Kier molecular flexibility index (Phi) is 2.86. The molecule has 1 unspecified atom stereocenters. The molecule has 1 aromatic rings. The number of likely N-dealkylation sites (tertiary alicyclic amines) is 1. The largest absolute Gasteiger partial charge is 0.481 e. The van der Waals surface area contributed by atoms with Crippen molar-refractivity contribution in [2.75, 3.05) is 6.54 Å². The smallest absolute Gasteiger partial charge is 0.311 e. The highest BCUT2D eigenvalue weighted by Gasteiger charge is 2.58. The highest BCUT2D eigenvalue weighted by Crippen LogP contribution is 2.53. The number of hydrogen-bond acceptors (Lipinski definition) is 2. The van der Waals surface area contributed by atoms with Gasteiger partial charge in [-0.25, -0.2) is 0 Å². The number of carboxylic acids is 1. The zero-order chi connectivity index (χ0) is 12.6. The van der Waals surface area contributed by atoms with Gasteiger partial charge in [0.25, 0.3) is 0 Å². The molecule has 1 N–H and O–H groups in total. The predicted molar refractivity (Wildman–Crippen MR) is 69.2 cm³/mol. The fourth-order valence-electron chi connectivity index (χ4n) is 3.28. The van der Waals surface area contributed by atoms with E-state index in [1.165, 1.54) is 5.56 Å². The number of carboxylic acid groups (broad SMARTS) is 1. The normalized spacial score (nSPS) is 26.1. The van der Waals surface area contributed by atoms with Gasteiger partial charge in [-0.05, 0) is 37.8 Å². The zero-order valence-corrected chi connectivity index (χ0v) is 10.5. The van der Waals surface area contributed by atoms with Crippen molar-refractivity contribution in [3.8, 4) is 0 Å². The number of nitrogens with zero attached hydrogens (tertiary/aromatic N) is 1. The van der Waals surface area contributed by atoms with Gasteiger partial charge in [-0.1, -0.05) is 30.3 Å². The van der Waals surface area contributed by atoms with E-state index in [0.717, 1.165) is 38.8 Å². The Morgan fingerprint density at radius 3 is 2.67 bits per heavy atom. The second-order valence-corrected chi connectivity index (χ2v) is 5.58. The van der Waals surface area contributed by atoms with E-state index in [-0.39, 0.29) is 6.04 Å². The molecule has 1 aromatic carbocycles. The summed E-state index contributed by atoms with van der Waals surface area (Å²) >= 11 is 0. The summed E-state index contributed by atoms with van der Waals surface area (Å²) in [5.74, 6) is -0.590. The molecule has 0 radical (unpaired) electrons. The number of aliphatic carboxylic acids is 1. The average Bonchev–Trinajstić information content (AvgIpc) is 3.06. The Hall–Kier alpha value is -1.35. The molecule has 0 amide bonds. The van der Waals surface area contributed by atoms with Gasteiger partial charge in [0.15, 0.2) is 0 Å². The standard InChI is InChI=1S/C15H19NO2/c17-14(18)15(8-9-15)13-7-4-10-16(13)11-12-5-2-1-3-6-12/h1-3,5-6,13H,4,7-11H2,(H,17,18). The highest BCUT2D eigenvalue weighted by atomic mass is 16.4. The topological polar surface area (TPSA) is 40.5 Å². The van der Waals surface area contributed by atoms with Crippen LogP contribution in [0.5, 0.6) is 0 Å². The van der Waals surface area contributed by atoms with Crippen LogP contribution in [0.2, 0.25) is 0 Å². The Morgan fingerprint density at radius 1 is 1.33 bits per heavy atom. The van der Waals surface area contributed by atoms with Gasteiger partial charge >= 0.3 is 5.97 Å². The van der Waals surface area contributed by atoms with Crippen LogP contribution in [0.1, 0.15) is 31.2 Å². The van der Waals surface area contributed by atoms with E-state index in [0.29, 0.717) is 0 Å². The van der Waals surface area contributed by atoms with E-state index in [2.05, 4.69) is 17.0 Å². The lowest BCUT2D eigenvalue weighted by atomic mass is 9.94. The summed E-state index contributed by atoms with van der Waals surface area (Å²) in [4.78, 5) is 13.8. The summed E-state index contributed by atoms with van der Waals surface area (Å²) in [7, 11) is 0. The first kappa shape index (κ1) is 11.7. The number of rotatable bonds is 4. The second-order valence-electron chi connectivity index (χ2n) is 5.58. The number of carbonyl (C=O) groups is 1. The lowest BCUT2D eigenvalue weighted by molar-refractivity contribution is -0.146. The molecule has 0 spiro atoms. The third-order valence-electron chi connectivity index (χ3n) is 4.44. The molecule has 3 rings (SSSR count). The van der Waals surface area contributed by atoms with Gasteiger partial charge in [0, 0.05) is 12.6 Å². The maximum atomic E-state index is 11.4. The van der Waals surface area contributed by atoms with Crippen LogP contribution in [0.25, 0.3) is 0 Å². The third-order valence-corrected chi connectivity index (χ3v) is 4.44. The first-order valence-corrected chi connectivity index (χ1v) is 6.74. The van der Waals surface area contributed by atoms with Crippen molar-refractivity contribution in [1.29, 1.82) is 0 Å². The fraction of sp³-hybridized carbons (Fsp3) is 0.533. The molecular formula is C15H19NO2. The van der Waals surface area contributed by atoms with Gasteiger partial charge in [0.05, 0.1) is 5.41 Å². The van der Waals surface area contributed by atoms with Gasteiger partial charge in [-0.15, -0.1) is 0 Å². The monoisotopic (exact) mass is 245 g/mol. The maximum Gasteiger partial charge on any atom is 0.311 e. The number of hydrogen-bond donors (Lipinski definition) is 1. The molecule has 2 aliphatic rings. The molecule has 1 saturated heterocycles. The molecule has 0 aromatic heterocycles.